The van der Waals surface area contributed by atoms with Gasteiger partial charge in [0.15, 0.2) is 0 Å². The lowest BCUT2D eigenvalue weighted by molar-refractivity contribution is 0.0696. The number of carboxylic acids is 1. The number of nitrogens with one attached hydrogen (secondary N) is 2. The highest BCUT2D eigenvalue weighted by Gasteiger charge is 2.08. The molecule has 0 radical (unpaired) electrons. The Morgan fingerprint density at radius 3 is 2.76 bits per heavy atom. The van der Waals surface area contributed by atoms with Crippen LogP contribution >= 0.6 is 0 Å². The Bertz CT molecular complexity index is 679. The van der Waals surface area contributed by atoms with Crippen LogP contribution in [0.2, 0.25) is 0 Å². The average molecular weight is 288 g/mol. The van der Waals surface area contributed by atoms with Crippen LogP contribution in [0, 0.1) is 6.92 Å². The minimum Gasteiger partial charge on any atom is -0.478 e. The zero-order chi connectivity index (χ0) is 15.4. The van der Waals surface area contributed by atoms with Gasteiger partial charge in [-0.1, -0.05) is 12.1 Å². The van der Waals surface area contributed by atoms with Crippen molar-refractivity contribution in [1.82, 2.24) is 15.1 Å². The molecule has 21 heavy (non-hydrogen) atoms. The molecular formula is C14H16N4O3. The molecule has 2 amide bonds. The van der Waals surface area contributed by atoms with Crippen LogP contribution in [-0.4, -0.2) is 26.9 Å². The summed E-state index contributed by atoms with van der Waals surface area (Å²) >= 11 is 0. The Balaban J connectivity index is 1.93. The number of aryl methyl sites for hydroxylation is 2. The van der Waals surface area contributed by atoms with Crippen molar-refractivity contribution >= 4 is 17.7 Å². The lowest BCUT2D eigenvalue weighted by atomic mass is 10.1. The fourth-order valence-electron chi connectivity index (χ4n) is 1.89. The molecule has 0 aliphatic carbocycles. The Morgan fingerprint density at radius 1 is 1.38 bits per heavy atom. The van der Waals surface area contributed by atoms with Gasteiger partial charge in [-0.2, -0.15) is 5.10 Å². The molecule has 110 valence electrons. The normalized spacial score (nSPS) is 10.2. The van der Waals surface area contributed by atoms with Crippen LogP contribution in [0.25, 0.3) is 0 Å². The number of hydrogen-bond acceptors (Lipinski definition) is 3. The molecule has 1 aromatic heterocycles. The summed E-state index contributed by atoms with van der Waals surface area (Å²) < 4.78 is 1.61. The largest absolute Gasteiger partial charge is 0.478 e. The van der Waals surface area contributed by atoms with Crippen molar-refractivity contribution < 1.29 is 14.7 Å². The van der Waals surface area contributed by atoms with E-state index in [2.05, 4.69) is 15.7 Å². The first kappa shape index (κ1) is 14.6. The second-order valence-corrected chi connectivity index (χ2v) is 4.62. The smallest absolute Gasteiger partial charge is 0.335 e. The molecule has 2 rings (SSSR count). The van der Waals surface area contributed by atoms with Gasteiger partial charge < -0.3 is 15.7 Å². The third kappa shape index (κ3) is 3.82. The predicted octanol–water partition coefficient (Wildman–Crippen LogP) is 1.75. The van der Waals surface area contributed by atoms with E-state index in [-0.39, 0.29) is 18.1 Å². The standard InChI is InChI=1S/C14H16N4O3/c1-9-12(8-18(2)17-9)16-14(21)15-7-10-4-3-5-11(6-10)13(19)20/h3-6,8H,7H2,1-2H3,(H,19,20)(H2,15,16,21). The summed E-state index contributed by atoms with van der Waals surface area (Å²) in [6, 6.07) is 6.06. The molecule has 1 heterocycles. The van der Waals surface area contributed by atoms with Crippen molar-refractivity contribution in [2.24, 2.45) is 7.05 Å². The Kier molecular flexibility index (Phi) is 4.22. The van der Waals surface area contributed by atoms with Gasteiger partial charge in [-0.15, -0.1) is 0 Å². The summed E-state index contributed by atoms with van der Waals surface area (Å²) in [4.78, 5) is 22.7. The number of aromatic nitrogens is 2. The van der Waals surface area contributed by atoms with E-state index in [1.54, 1.807) is 37.0 Å². The summed E-state index contributed by atoms with van der Waals surface area (Å²) in [6.07, 6.45) is 1.71. The molecule has 0 spiro atoms. The van der Waals surface area contributed by atoms with E-state index < -0.39 is 5.97 Å². The highest BCUT2D eigenvalue weighted by atomic mass is 16.4. The first-order chi connectivity index (χ1) is 9.95. The van der Waals surface area contributed by atoms with Crippen LogP contribution in [0.1, 0.15) is 21.6 Å². The van der Waals surface area contributed by atoms with Crippen LogP contribution in [0.3, 0.4) is 0 Å². The van der Waals surface area contributed by atoms with E-state index in [0.29, 0.717) is 11.3 Å². The Morgan fingerprint density at radius 2 is 2.14 bits per heavy atom. The Hall–Kier alpha value is -2.83. The molecule has 0 atom stereocenters. The second-order valence-electron chi connectivity index (χ2n) is 4.62. The van der Waals surface area contributed by atoms with Crippen molar-refractivity contribution in [1.29, 1.82) is 0 Å². The fourth-order valence-corrected chi connectivity index (χ4v) is 1.89. The van der Waals surface area contributed by atoms with Gasteiger partial charge in [0.1, 0.15) is 0 Å². The molecule has 0 fully saturated rings. The van der Waals surface area contributed by atoms with Gasteiger partial charge in [-0.25, -0.2) is 9.59 Å². The molecule has 7 heteroatoms. The SMILES string of the molecule is Cc1nn(C)cc1NC(=O)NCc1cccc(C(=O)O)c1. The monoisotopic (exact) mass is 288 g/mol. The van der Waals surface area contributed by atoms with Gasteiger partial charge in [-0.05, 0) is 24.6 Å². The van der Waals surface area contributed by atoms with E-state index in [0.717, 1.165) is 5.69 Å². The second kappa shape index (κ2) is 6.08. The fraction of sp³-hybridized carbons (Fsp3) is 0.214. The third-order valence-electron chi connectivity index (χ3n) is 2.89. The molecule has 2 aromatic rings. The van der Waals surface area contributed by atoms with E-state index in [1.165, 1.54) is 12.1 Å². The zero-order valence-corrected chi connectivity index (χ0v) is 11.8. The van der Waals surface area contributed by atoms with Gasteiger partial charge in [0, 0.05) is 19.8 Å². The first-order valence-electron chi connectivity index (χ1n) is 6.33. The number of anilines is 1. The van der Waals surface area contributed by atoms with Crippen LogP contribution in [0.15, 0.2) is 30.5 Å². The van der Waals surface area contributed by atoms with Crippen molar-refractivity contribution in [2.45, 2.75) is 13.5 Å². The van der Waals surface area contributed by atoms with Crippen molar-refractivity contribution in [3.8, 4) is 0 Å². The molecule has 3 N–H and O–H groups in total. The zero-order valence-electron chi connectivity index (χ0n) is 11.8. The molecule has 0 saturated carbocycles. The topological polar surface area (TPSA) is 96.3 Å². The highest BCUT2D eigenvalue weighted by Crippen LogP contribution is 2.11. The number of nitrogens with zero attached hydrogens (tertiary/aromatic N) is 2. The highest BCUT2D eigenvalue weighted by molar-refractivity contribution is 5.90. The molecule has 7 nitrogen and oxygen atoms in total. The molecule has 0 unspecified atom stereocenters. The summed E-state index contributed by atoms with van der Waals surface area (Å²) in [5.41, 5.74) is 2.26. The number of hydrogen-bond donors (Lipinski definition) is 3. The van der Waals surface area contributed by atoms with Crippen molar-refractivity contribution in [2.75, 3.05) is 5.32 Å². The van der Waals surface area contributed by atoms with Gasteiger partial charge in [0.05, 0.1) is 16.9 Å². The van der Waals surface area contributed by atoms with E-state index in [1.807, 2.05) is 0 Å². The number of urea groups is 1. The minimum absolute atomic E-state index is 0.192. The summed E-state index contributed by atoms with van der Waals surface area (Å²) in [7, 11) is 1.77. The number of carboxylic acid groups (broad SMARTS) is 1. The van der Waals surface area contributed by atoms with E-state index >= 15 is 0 Å². The van der Waals surface area contributed by atoms with Crippen LogP contribution in [-0.2, 0) is 13.6 Å². The maximum Gasteiger partial charge on any atom is 0.335 e. The predicted molar refractivity (Wildman–Crippen MR) is 77.2 cm³/mol. The van der Waals surface area contributed by atoms with Crippen molar-refractivity contribution in [3.05, 3.63) is 47.3 Å². The minimum atomic E-state index is -0.993. The number of carbonyl (C=O) groups is 2. The summed E-state index contributed by atoms with van der Waals surface area (Å²) in [5.74, 6) is -0.993. The number of rotatable bonds is 4. The van der Waals surface area contributed by atoms with Crippen LogP contribution < -0.4 is 10.6 Å². The molecule has 0 aliphatic heterocycles. The molecule has 0 aliphatic rings. The Labute approximate surface area is 121 Å². The molecule has 0 bridgehead atoms. The molecular weight excluding hydrogens is 272 g/mol. The molecule has 1 aromatic carbocycles. The van der Waals surface area contributed by atoms with Gasteiger partial charge in [-0.3, -0.25) is 4.68 Å². The number of benzene rings is 1. The van der Waals surface area contributed by atoms with E-state index in [4.69, 9.17) is 5.11 Å². The number of carbonyl (C=O) groups excluding carboxylic acids is 1. The average Bonchev–Trinajstić information content (AvgIpc) is 2.75. The quantitative estimate of drug-likeness (QED) is 0.798. The maximum absolute atomic E-state index is 11.8. The number of amides is 2. The lowest BCUT2D eigenvalue weighted by Gasteiger charge is -2.07. The van der Waals surface area contributed by atoms with Crippen molar-refractivity contribution in [3.63, 3.8) is 0 Å². The van der Waals surface area contributed by atoms with Gasteiger partial charge in [0.25, 0.3) is 0 Å². The van der Waals surface area contributed by atoms with E-state index in [9.17, 15) is 9.59 Å². The molecule has 0 saturated heterocycles. The summed E-state index contributed by atoms with van der Waals surface area (Å²) in [6.45, 7) is 2.04. The first-order valence-corrected chi connectivity index (χ1v) is 6.33. The third-order valence-corrected chi connectivity index (χ3v) is 2.89. The summed E-state index contributed by atoms with van der Waals surface area (Å²) in [5, 5.41) is 18.4. The number of aromatic carboxylic acids is 1. The van der Waals surface area contributed by atoms with Crippen LogP contribution in [0.5, 0.6) is 0 Å². The maximum atomic E-state index is 11.8. The lowest BCUT2D eigenvalue weighted by Crippen LogP contribution is -2.28. The van der Waals surface area contributed by atoms with Gasteiger partial charge >= 0.3 is 12.0 Å². The van der Waals surface area contributed by atoms with Crippen LogP contribution in [0.4, 0.5) is 10.5 Å². The van der Waals surface area contributed by atoms with Gasteiger partial charge in [0.2, 0.25) is 0 Å².